The van der Waals surface area contributed by atoms with Crippen LogP contribution < -0.4 is 4.74 Å². The first-order valence-electron chi connectivity index (χ1n) is 7.34. The van der Waals surface area contributed by atoms with E-state index >= 15 is 0 Å². The SMILES string of the molecule is CC(C)CO[C@@H](C)c1noc(COc2cnn(C)c2C(F)(F)F)n1. The molecule has 0 fully saturated rings. The van der Waals surface area contributed by atoms with Crippen LogP contribution in [0.4, 0.5) is 13.2 Å². The van der Waals surface area contributed by atoms with Gasteiger partial charge in [-0.2, -0.15) is 23.3 Å². The standard InChI is InChI=1S/C14H19F3N4O3/c1-8(2)6-22-9(3)13-19-11(24-20-13)7-23-10-5-18-21(4)12(10)14(15,16)17/h5,8-9H,6-7H2,1-4H3/t9-/m0/s1. The van der Waals surface area contributed by atoms with Crippen molar-refractivity contribution in [2.45, 2.75) is 39.7 Å². The molecule has 2 aromatic heterocycles. The summed E-state index contributed by atoms with van der Waals surface area (Å²) in [6.07, 6.45) is -3.96. The largest absolute Gasteiger partial charge is 0.480 e. The second-order valence-corrected chi connectivity index (χ2v) is 5.68. The summed E-state index contributed by atoms with van der Waals surface area (Å²) in [5.74, 6) is 0.334. The third-order valence-corrected chi connectivity index (χ3v) is 3.05. The average molecular weight is 348 g/mol. The minimum absolute atomic E-state index is 0.0574. The predicted octanol–water partition coefficient (Wildman–Crippen LogP) is 3.13. The Labute approximate surface area is 136 Å². The highest BCUT2D eigenvalue weighted by Gasteiger charge is 2.38. The van der Waals surface area contributed by atoms with E-state index in [1.165, 1.54) is 7.05 Å². The highest BCUT2D eigenvalue weighted by molar-refractivity contribution is 5.27. The Morgan fingerprint density at radius 1 is 1.29 bits per heavy atom. The van der Waals surface area contributed by atoms with E-state index in [0.29, 0.717) is 23.0 Å². The van der Waals surface area contributed by atoms with Gasteiger partial charge in [-0.1, -0.05) is 19.0 Å². The average Bonchev–Trinajstić information content (AvgIpc) is 3.08. The summed E-state index contributed by atoms with van der Waals surface area (Å²) in [6, 6.07) is 0. The van der Waals surface area contributed by atoms with Crippen molar-refractivity contribution in [1.82, 2.24) is 19.9 Å². The summed E-state index contributed by atoms with van der Waals surface area (Å²) < 4.78 is 55.1. The van der Waals surface area contributed by atoms with Crippen LogP contribution >= 0.6 is 0 Å². The van der Waals surface area contributed by atoms with Gasteiger partial charge in [0.25, 0.3) is 5.89 Å². The second-order valence-electron chi connectivity index (χ2n) is 5.68. The lowest BCUT2D eigenvalue weighted by Gasteiger charge is -2.10. The van der Waals surface area contributed by atoms with E-state index < -0.39 is 17.6 Å². The minimum atomic E-state index is -4.57. The number of halogens is 3. The van der Waals surface area contributed by atoms with Gasteiger partial charge >= 0.3 is 6.18 Å². The normalized spacial score (nSPS) is 13.5. The Balaban J connectivity index is 1.99. The molecule has 134 valence electrons. The van der Waals surface area contributed by atoms with Gasteiger partial charge in [0.05, 0.1) is 6.20 Å². The molecule has 24 heavy (non-hydrogen) atoms. The molecule has 0 aliphatic heterocycles. The van der Waals surface area contributed by atoms with E-state index in [1.54, 1.807) is 6.92 Å². The molecule has 0 N–H and O–H groups in total. The maximum atomic E-state index is 12.9. The third kappa shape index (κ3) is 4.47. The Hall–Kier alpha value is -2.10. The first-order chi connectivity index (χ1) is 11.2. The van der Waals surface area contributed by atoms with Crippen molar-refractivity contribution in [3.05, 3.63) is 23.6 Å². The van der Waals surface area contributed by atoms with Crippen molar-refractivity contribution >= 4 is 0 Å². The lowest BCUT2D eigenvalue weighted by atomic mass is 10.2. The molecule has 0 bridgehead atoms. The number of ether oxygens (including phenoxy) is 2. The van der Waals surface area contributed by atoms with E-state index in [4.69, 9.17) is 14.0 Å². The Morgan fingerprint density at radius 3 is 2.62 bits per heavy atom. The molecule has 0 saturated heterocycles. The zero-order valence-corrected chi connectivity index (χ0v) is 13.8. The van der Waals surface area contributed by atoms with Crippen molar-refractivity contribution in [1.29, 1.82) is 0 Å². The van der Waals surface area contributed by atoms with Gasteiger partial charge in [-0.15, -0.1) is 0 Å². The number of aryl methyl sites for hydroxylation is 1. The quantitative estimate of drug-likeness (QED) is 0.765. The molecule has 2 rings (SSSR count). The maximum absolute atomic E-state index is 12.9. The van der Waals surface area contributed by atoms with Crippen molar-refractivity contribution in [3.63, 3.8) is 0 Å². The highest BCUT2D eigenvalue weighted by atomic mass is 19.4. The monoisotopic (exact) mass is 348 g/mol. The number of nitrogens with zero attached hydrogens (tertiary/aromatic N) is 4. The van der Waals surface area contributed by atoms with Gasteiger partial charge in [0.1, 0.15) is 6.10 Å². The van der Waals surface area contributed by atoms with Crippen molar-refractivity contribution in [2.24, 2.45) is 13.0 Å². The van der Waals surface area contributed by atoms with Crippen LogP contribution in [0, 0.1) is 5.92 Å². The Kier molecular flexibility index (Phi) is 5.47. The van der Waals surface area contributed by atoms with Gasteiger partial charge in [-0.3, -0.25) is 4.68 Å². The van der Waals surface area contributed by atoms with Gasteiger partial charge in [-0.05, 0) is 12.8 Å². The zero-order valence-electron chi connectivity index (χ0n) is 13.8. The van der Waals surface area contributed by atoms with Crippen LogP contribution in [0.3, 0.4) is 0 Å². The molecule has 10 heteroatoms. The van der Waals surface area contributed by atoms with Crippen molar-refractivity contribution in [2.75, 3.05) is 6.61 Å². The van der Waals surface area contributed by atoms with E-state index in [-0.39, 0.29) is 18.6 Å². The van der Waals surface area contributed by atoms with Crippen LogP contribution in [0.1, 0.15) is 44.3 Å². The fraction of sp³-hybridized carbons (Fsp3) is 0.643. The van der Waals surface area contributed by atoms with Crippen LogP contribution in [-0.2, 0) is 24.6 Å². The summed E-state index contributed by atoms with van der Waals surface area (Å²) in [4.78, 5) is 4.07. The van der Waals surface area contributed by atoms with Crippen LogP contribution in [0.5, 0.6) is 5.75 Å². The first-order valence-corrected chi connectivity index (χ1v) is 7.34. The number of alkyl halides is 3. The molecular formula is C14H19F3N4O3. The Morgan fingerprint density at radius 2 is 2.00 bits per heavy atom. The van der Waals surface area contributed by atoms with E-state index in [0.717, 1.165) is 6.20 Å². The molecule has 0 saturated carbocycles. The molecule has 7 nitrogen and oxygen atoms in total. The first kappa shape index (κ1) is 18.2. The van der Waals surface area contributed by atoms with E-state index in [2.05, 4.69) is 15.2 Å². The molecule has 0 spiro atoms. The third-order valence-electron chi connectivity index (χ3n) is 3.05. The molecule has 2 aromatic rings. The summed E-state index contributed by atoms with van der Waals surface area (Å²) in [5.41, 5.74) is -0.976. The molecular weight excluding hydrogens is 329 g/mol. The molecule has 0 aromatic carbocycles. The van der Waals surface area contributed by atoms with Gasteiger partial charge < -0.3 is 14.0 Å². The lowest BCUT2D eigenvalue weighted by molar-refractivity contribution is -0.145. The molecule has 2 heterocycles. The predicted molar refractivity (Wildman–Crippen MR) is 76.0 cm³/mol. The van der Waals surface area contributed by atoms with Crippen molar-refractivity contribution in [3.8, 4) is 5.75 Å². The number of hydrogen-bond acceptors (Lipinski definition) is 6. The molecule has 1 atom stereocenters. The molecule has 0 amide bonds. The highest BCUT2D eigenvalue weighted by Crippen LogP contribution is 2.35. The summed E-state index contributed by atoms with van der Waals surface area (Å²) >= 11 is 0. The lowest BCUT2D eigenvalue weighted by Crippen LogP contribution is -2.13. The van der Waals surface area contributed by atoms with E-state index in [1.807, 2.05) is 13.8 Å². The maximum Gasteiger partial charge on any atom is 0.436 e. The Bertz CT molecular complexity index is 667. The molecule has 0 unspecified atom stereocenters. The summed E-state index contributed by atoms with van der Waals surface area (Å²) in [5, 5.41) is 7.30. The summed E-state index contributed by atoms with van der Waals surface area (Å²) in [7, 11) is 1.19. The minimum Gasteiger partial charge on any atom is -0.480 e. The zero-order chi connectivity index (χ0) is 17.9. The van der Waals surface area contributed by atoms with Gasteiger partial charge in [-0.25, -0.2) is 0 Å². The van der Waals surface area contributed by atoms with Crippen LogP contribution in [0.15, 0.2) is 10.7 Å². The van der Waals surface area contributed by atoms with Crippen LogP contribution in [-0.4, -0.2) is 26.5 Å². The fourth-order valence-electron chi connectivity index (χ4n) is 1.89. The fourth-order valence-corrected chi connectivity index (χ4v) is 1.89. The van der Waals surface area contributed by atoms with Gasteiger partial charge in [0.15, 0.2) is 23.9 Å². The summed E-state index contributed by atoms with van der Waals surface area (Å²) in [6.45, 7) is 6.02. The number of hydrogen-bond donors (Lipinski definition) is 0. The van der Waals surface area contributed by atoms with Crippen LogP contribution in [0.25, 0.3) is 0 Å². The topological polar surface area (TPSA) is 75.2 Å². The molecule has 0 aliphatic carbocycles. The van der Waals surface area contributed by atoms with Crippen LogP contribution in [0.2, 0.25) is 0 Å². The molecule has 0 aliphatic rings. The smallest absolute Gasteiger partial charge is 0.436 e. The van der Waals surface area contributed by atoms with Crippen molar-refractivity contribution < 1.29 is 27.2 Å². The number of rotatable bonds is 7. The van der Waals surface area contributed by atoms with Gasteiger partial charge in [0, 0.05) is 13.7 Å². The second kappa shape index (κ2) is 7.20. The van der Waals surface area contributed by atoms with E-state index in [9.17, 15) is 13.2 Å². The molecule has 0 radical (unpaired) electrons. The van der Waals surface area contributed by atoms with Gasteiger partial charge in [0.2, 0.25) is 0 Å². The number of aromatic nitrogens is 4.